The van der Waals surface area contributed by atoms with Gasteiger partial charge in [-0.3, -0.25) is 4.79 Å². The average molecular weight is 234 g/mol. The number of rotatable bonds is 2. The van der Waals surface area contributed by atoms with Crippen molar-refractivity contribution in [2.45, 2.75) is 19.5 Å². The second-order valence-electron chi connectivity index (χ2n) is 3.13. The molecule has 0 spiro atoms. The summed E-state index contributed by atoms with van der Waals surface area (Å²) in [5, 5.41) is 18.3. The van der Waals surface area contributed by atoms with Crippen LogP contribution in [0.3, 0.4) is 0 Å². The SMILES string of the molecule is CCC(=O)c1ccc(O)c(C(F)(F)F)c1O. The highest BCUT2D eigenvalue weighted by molar-refractivity contribution is 5.99. The predicted octanol–water partition coefficient (Wildman–Crippen LogP) is 2.71. The van der Waals surface area contributed by atoms with Gasteiger partial charge >= 0.3 is 6.18 Å². The Balaban J connectivity index is 3.45. The molecule has 0 amide bonds. The Morgan fingerprint density at radius 3 is 2.31 bits per heavy atom. The molecule has 0 atom stereocenters. The summed E-state index contributed by atoms with van der Waals surface area (Å²) < 4.78 is 37.3. The number of phenolic OH excluding ortho intramolecular Hbond substituents is 2. The number of Topliss-reactive ketones (excluding diaryl/α,β-unsaturated/α-hetero) is 1. The third-order valence-corrected chi connectivity index (χ3v) is 2.06. The number of carbonyl (C=O) groups is 1. The van der Waals surface area contributed by atoms with Crippen molar-refractivity contribution in [3.05, 3.63) is 23.3 Å². The number of benzene rings is 1. The summed E-state index contributed by atoms with van der Waals surface area (Å²) in [6, 6.07) is 1.71. The molecule has 0 bridgehead atoms. The van der Waals surface area contributed by atoms with Gasteiger partial charge in [0.15, 0.2) is 5.78 Å². The molecule has 88 valence electrons. The molecule has 0 heterocycles. The van der Waals surface area contributed by atoms with Gasteiger partial charge in [0, 0.05) is 6.42 Å². The topological polar surface area (TPSA) is 57.5 Å². The molecular weight excluding hydrogens is 225 g/mol. The van der Waals surface area contributed by atoms with Gasteiger partial charge in [-0.2, -0.15) is 13.2 Å². The molecule has 1 rings (SSSR count). The molecule has 0 aromatic heterocycles. The van der Waals surface area contributed by atoms with Crippen molar-refractivity contribution in [2.24, 2.45) is 0 Å². The number of ketones is 1. The number of halogens is 3. The van der Waals surface area contributed by atoms with E-state index >= 15 is 0 Å². The van der Waals surface area contributed by atoms with Crippen molar-refractivity contribution in [3.8, 4) is 11.5 Å². The number of alkyl halides is 3. The van der Waals surface area contributed by atoms with Crippen molar-refractivity contribution in [1.29, 1.82) is 0 Å². The van der Waals surface area contributed by atoms with E-state index in [2.05, 4.69) is 0 Å². The first-order valence-corrected chi connectivity index (χ1v) is 4.44. The second-order valence-corrected chi connectivity index (χ2v) is 3.13. The highest BCUT2D eigenvalue weighted by atomic mass is 19.4. The molecule has 3 nitrogen and oxygen atoms in total. The Hall–Kier alpha value is -1.72. The van der Waals surface area contributed by atoms with Crippen LogP contribution >= 0.6 is 0 Å². The van der Waals surface area contributed by atoms with E-state index in [0.29, 0.717) is 0 Å². The van der Waals surface area contributed by atoms with Gasteiger partial charge in [0.2, 0.25) is 0 Å². The normalized spacial score (nSPS) is 11.5. The number of phenols is 2. The van der Waals surface area contributed by atoms with E-state index in [1.807, 2.05) is 0 Å². The highest BCUT2D eigenvalue weighted by Gasteiger charge is 2.38. The number of hydrogen-bond donors (Lipinski definition) is 2. The van der Waals surface area contributed by atoms with Crippen LogP contribution in [-0.2, 0) is 6.18 Å². The van der Waals surface area contributed by atoms with E-state index in [0.717, 1.165) is 12.1 Å². The molecule has 0 radical (unpaired) electrons. The Morgan fingerprint density at radius 1 is 1.31 bits per heavy atom. The molecule has 0 aliphatic carbocycles. The summed E-state index contributed by atoms with van der Waals surface area (Å²) >= 11 is 0. The van der Waals surface area contributed by atoms with Crippen molar-refractivity contribution in [2.75, 3.05) is 0 Å². The number of hydrogen-bond acceptors (Lipinski definition) is 3. The molecule has 0 aliphatic heterocycles. The van der Waals surface area contributed by atoms with Crippen LogP contribution < -0.4 is 0 Å². The van der Waals surface area contributed by atoms with Crippen molar-refractivity contribution >= 4 is 5.78 Å². The van der Waals surface area contributed by atoms with Gasteiger partial charge in [-0.15, -0.1) is 0 Å². The fourth-order valence-corrected chi connectivity index (χ4v) is 1.28. The maximum Gasteiger partial charge on any atom is 0.423 e. The smallest absolute Gasteiger partial charge is 0.423 e. The third-order valence-electron chi connectivity index (χ3n) is 2.06. The number of aromatic hydroxyl groups is 2. The summed E-state index contributed by atoms with van der Waals surface area (Å²) in [4.78, 5) is 11.2. The second kappa shape index (κ2) is 4.03. The Labute approximate surface area is 89.1 Å². The minimum Gasteiger partial charge on any atom is -0.507 e. The fraction of sp³-hybridized carbons (Fsp3) is 0.300. The van der Waals surface area contributed by atoms with Gasteiger partial charge in [-0.1, -0.05) is 6.92 Å². The predicted molar refractivity (Wildman–Crippen MR) is 49.4 cm³/mol. The Kier molecular flexibility index (Phi) is 3.11. The van der Waals surface area contributed by atoms with Gasteiger partial charge < -0.3 is 10.2 Å². The van der Waals surface area contributed by atoms with Crippen molar-refractivity contribution in [3.63, 3.8) is 0 Å². The van der Waals surface area contributed by atoms with E-state index in [4.69, 9.17) is 5.11 Å². The standard InChI is InChI=1S/C10H9F3O3/c1-2-6(14)5-3-4-7(15)8(9(5)16)10(11,12)13/h3-4,15-16H,2H2,1H3. The van der Waals surface area contributed by atoms with Crippen molar-refractivity contribution < 1.29 is 28.2 Å². The molecule has 0 fully saturated rings. The minimum absolute atomic E-state index is 0.0321. The van der Waals surface area contributed by atoms with Gasteiger partial charge in [-0.05, 0) is 12.1 Å². The highest BCUT2D eigenvalue weighted by Crippen LogP contribution is 2.43. The van der Waals surface area contributed by atoms with Gasteiger partial charge in [0.25, 0.3) is 0 Å². The first kappa shape index (κ1) is 12.4. The lowest BCUT2D eigenvalue weighted by Gasteiger charge is -2.13. The van der Waals surface area contributed by atoms with Crippen LogP contribution in [0.4, 0.5) is 13.2 Å². The first-order valence-electron chi connectivity index (χ1n) is 4.44. The molecule has 16 heavy (non-hydrogen) atoms. The summed E-state index contributed by atoms with van der Waals surface area (Å²) in [6.07, 6.45) is -4.94. The largest absolute Gasteiger partial charge is 0.507 e. The average Bonchev–Trinajstić information content (AvgIpc) is 2.14. The summed E-state index contributed by atoms with van der Waals surface area (Å²) in [5.41, 5.74) is -2.01. The number of carbonyl (C=O) groups excluding carboxylic acids is 1. The van der Waals surface area contributed by atoms with Crippen molar-refractivity contribution in [1.82, 2.24) is 0 Å². The molecule has 6 heteroatoms. The Bertz CT molecular complexity index is 424. The van der Waals surface area contributed by atoms with Gasteiger partial charge in [0.05, 0.1) is 5.56 Å². The monoisotopic (exact) mass is 234 g/mol. The molecular formula is C10H9F3O3. The van der Waals surface area contributed by atoms with Crippen LogP contribution in [0.15, 0.2) is 12.1 Å². The fourth-order valence-electron chi connectivity index (χ4n) is 1.28. The molecule has 0 aliphatic rings. The summed E-state index contributed by atoms with van der Waals surface area (Å²) in [7, 11) is 0. The first-order chi connectivity index (χ1) is 7.29. The molecule has 0 saturated carbocycles. The lowest BCUT2D eigenvalue weighted by Crippen LogP contribution is -2.08. The van der Waals surface area contributed by atoms with E-state index in [1.54, 1.807) is 0 Å². The zero-order valence-electron chi connectivity index (χ0n) is 8.30. The molecule has 2 N–H and O–H groups in total. The lowest BCUT2D eigenvalue weighted by atomic mass is 10.0. The Morgan fingerprint density at radius 2 is 1.88 bits per heavy atom. The zero-order valence-corrected chi connectivity index (χ0v) is 8.30. The quantitative estimate of drug-likeness (QED) is 0.773. The third kappa shape index (κ3) is 2.10. The van der Waals surface area contributed by atoms with E-state index in [-0.39, 0.29) is 6.42 Å². The summed E-state index contributed by atoms with van der Waals surface area (Å²) in [5.74, 6) is -2.94. The maximum atomic E-state index is 12.4. The van der Waals surface area contributed by atoms with Crippen LogP contribution in [0.25, 0.3) is 0 Å². The van der Waals surface area contributed by atoms with E-state index < -0.39 is 34.6 Å². The van der Waals surface area contributed by atoms with Crippen LogP contribution in [-0.4, -0.2) is 16.0 Å². The van der Waals surface area contributed by atoms with Gasteiger partial charge in [0.1, 0.15) is 17.1 Å². The van der Waals surface area contributed by atoms with Crippen LogP contribution in [0, 0.1) is 0 Å². The molecule has 1 aromatic rings. The molecule has 0 unspecified atom stereocenters. The van der Waals surface area contributed by atoms with E-state index in [9.17, 15) is 23.1 Å². The van der Waals surface area contributed by atoms with Crippen LogP contribution in [0.1, 0.15) is 29.3 Å². The summed E-state index contributed by atoms with van der Waals surface area (Å²) in [6.45, 7) is 1.46. The van der Waals surface area contributed by atoms with Crippen LogP contribution in [0.2, 0.25) is 0 Å². The minimum atomic E-state index is -4.90. The lowest BCUT2D eigenvalue weighted by molar-refractivity contribution is -0.140. The van der Waals surface area contributed by atoms with Crippen LogP contribution in [0.5, 0.6) is 11.5 Å². The van der Waals surface area contributed by atoms with E-state index in [1.165, 1.54) is 6.92 Å². The zero-order chi connectivity index (χ0) is 12.5. The molecule has 0 saturated heterocycles. The molecule has 1 aromatic carbocycles. The van der Waals surface area contributed by atoms with Gasteiger partial charge in [-0.25, -0.2) is 0 Å². The maximum absolute atomic E-state index is 12.4.